The molecule has 4 rings (SSSR count). The van der Waals surface area contributed by atoms with Gasteiger partial charge in [-0.3, -0.25) is 13.9 Å². The molecule has 0 unspecified atom stereocenters. The summed E-state index contributed by atoms with van der Waals surface area (Å²) in [7, 11) is -4.21. The minimum atomic E-state index is -4.21. The molecule has 224 valence electrons. The maximum absolute atomic E-state index is 14.7. The van der Waals surface area contributed by atoms with Crippen molar-refractivity contribution in [1.82, 2.24) is 10.2 Å². The predicted octanol–water partition coefficient (Wildman–Crippen LogP) is 5.29. The maximum Gasteiger partial charge on any atom is 0.264 e. The minimum absolute atomic E-state index is 0.0139. The fourth-order valence-corrected chi connectivity index (χ4v) is 6.50. The molecule has 1 aliphatic rings. The molecule has 1 saturated carbocycles. The molecule has 0 aromatic heterocycles. The first-order chi connectivity index (χ1) is 20.2. The number of halogens is 1. The Kier molecular flexibility index (Phi) is 10.6. The molecule has 1 aliphatic carbocycles. The van der Waals surface area contributed by atoms with Gasteiger partial charge in [-0.2, -0.15) is 0 Å². The fraction of sp³-hybridized carbons (Fsp3) is 0.375. The lowest BCUT2D eigenvalue weighted by atomic mass is 9.95. The molecule has 10 heteroatoms. The zero-order chi connectivity index (χ0) is 30.1. The van der Waals surface area contributed by atoms with E-state index in [1.807, 2.05) is 6.92 Å². The van der Waals surface area contributed by atoms with Gasteiger partial charge < -0.3 is 15.0 Å². The molecule has 1 atom stereocenters. The number of hydrogen-bond donors (Lipinski definition) is 1. The second-order valence-corrected chi connectivity index (χ2v) is 12.2. The van der Waals surface area contributed by atoms with Crippen LogP contribution in [0.3, 0.4) is 0 Å². The van der Waals surface area contributed by atoms with E-state index in [4.69, 9.17) is 4.74 Å². The van der Waals surface area contributed by atoms with E-state index in [1.165, 1.54) is 23.1 Å². The zero-order valence-corrected chi connectivity index (χ0v) is 24.9. The summed E-state index contributed by atoms with van der Waals surface area (Å²) in [5, 5.41) is 3.04. The van der Waals surface area contributed by atoms with Crippen molar-refractivity contribution in [1.29, 1.82) is 0 Å². The van der Waals surface area contributed by atoms with Gasteiger partial charge in [0, 0.05) is 18.2 Å². The fourth-order valence-electron chi connectivity index (χ4n) is 5.09. The number of nitrogens with one attached hydrogen (secondary N) is 1. The van der Waals surface area contributed by atoms with E-state index in [2.05, 4.69) is 5.32 Å². The number of carbonyl (C=O) groups is 2. The Morgan fingerprint density at radius 3 is 2.24 bits per heavy atom. The van der Waals surface area contributed by atoms with Crippen molar-refractivity contribution in [3.05, 3.63) is 90.2 Å². The average Bonchev–Trinajstić information content (AvgIpc) is 3.00. The van der Waals surface area contributed by atoms with Crippen molar-refractivity contribution < 1.29 is 27.1 Å². The number of benzene rings is 3. The standard InChI is InChI=1S/C32H38FN3O5S/c1-3-41-28-18-20-29(21-19-28)42(39,40)36(27-15-8-5-9-16-27)23-31(37)35(22-25-12-10-11-17-30(25)33)24(2)32(38)34-26-13-6-4-7-14-26/h5,8-12,15-21,24,26H,3-4,6-7,13-14,22-23H2,1-2H3,(H,34,38)/t24-/m0/s1. The summed E-state index contributed by atoms with van der Waals surface area (Å²) in [6, 6.07) is 19.4. The molecular formula is C32H38FN3O5S. The number of ether oxygens (including phenoxy) is 1. The van der Waals surface area contributed by atoms with Crippen molar-refractivity contribution in [2.75, 3.05) is 17.5 Å². The Balaban J connectivity index is 1.65. The minimum Gasteiger partial charge on any atom is -0.494 e. The Hall–Kier alpha value is -3.92. The van der Waals surface area contributed by atoms with Crippen LogP contribution in [0, 0.1) is 5.82 Å². The second kappa shape index (κ2) is 14.3. The van der Waals surface area contributed by atoms with Crippen LogP contribution >= 0.6 is 0 Å². The first-order valence-electron chi connectivity index (χ1n) is 14.3. The second-order valence-electron chi connectivity index (χ2n) is 10.4. The Labute approximate surface area is 247 Å². The summed E-state index contributed by atoms with van der Waals surface area (Å²) < 4.78 is 49.0. The van der Waals surface area contributed by atoms with Crippen LogP contribution in [0.1, 0.15) is 51.5 Å². The molecule has 2 amide bonds. The van der Waals surface area contributed by atoms with Crippen molar-refractivity contribution in [2.45, 2.75) is 69.5 Å². The summed E-state index contributed by atoms with van der Waals surface area (Å²) in [4.78, 5) is 28.6. The largest absolute Gasteiger partial charge is 0.494 e. The summed E-state index contributed by atoms with van der Waals surface area (Å²) in [5.41, 5.74) is 0.508. The normalized spacial score (nSPS) is 14.5. The topological polar surface area (TPSA) is 96.0 Å². The highest BCUT2D eigenvalue weighted by molar-refractivity contribution is 7.92. The molecule has 8 nitrogen and oxygen atoms in total. The van der Waals surface area contributed by atoms with E-state index < -0.39 is 34.3 Å². The molecular weight excluding hydrogens is 557 g/mol. The first-order valence-corrected chi connectivity index (χ1v) is 15.8. The zero-order valence-electron chi connectivity index (χ0n) is 24.0. The van der Waals surface area contributed by atoms with Gasteiger partial charge in [0.25, 0.3) is 10.0 Å². The van der Waals surface area contributed by atoms with E-state index in [-0.39, 0.29) is 34.6 Å². The molecule has 0 aliphatic heterocycles. The lowest BCUT2D eigenvalue weighted by Gasteiger charge is -2.33. The van der Waals surface area contributed by atoms with Crippen LogP contribution in [0.4, 0.5) is 10.1 Å². The highest BCUT2D eigenvalue weighted by atomic mass is 32.2. The van der Waals surface area contributed by atoms with Crippen LogP contribution in [0.15, 0.2) is 83.8 Å². The van der Waals surface area contributed by atoms with Crippen LogP contribution in [-0.2, 0) is 26.2 Å². The average molecular weight is 596 g/mol. The summed E-state index contributed by atoms with van der Waals surface area (Å²) in [5.74, 6) is -0.986. The van der Waals surface area contributed by atoms with Gasteiger partial charge in [-0.15, -0.1) is 0 Å². The number of amides is 2. The number of sulfonamides is 1. The molecule has 42 heavy (non-hydrogen) atoms. The molecule has 3 aromatic carbocycles. The van der Waals surface area contributed by atoms with Crippen LogP contribution < -0.4 is 14.4 Å². The van der Waals surface area contributed by atoms with Gasteiger partial charge in [0.15, 0.2) is 0 Å². The van der Waals surface area contributed by atoms with Gasteiger partial charge in [0.1, 0.15) is 24.2 Å². The Morgan fingerprint density at radius 1 is 0.952 bits per heavy atom. The smallest absolute Gasteiger partial charge is 0.264 e. The number of hydrogen-bond acceptors (Lipinski definition) is 5. The molecule has 1 N–H and O–H groups in total. The Morgan fingerprint density at radius 2 is 1.60 bits per heavy atom. The number of nitrogens with zero attached hydrogens (tertiary/aromatic N) is 2. The van der Waals surface area contributed by atoms with Gasteiger partial charge in [-0.1, -0.05) is 55.7 Å². The van der Waals surface area contributed by atoms with Gasteiger partial charge in [0.2, 0.25) is 11.8 Å². The van der Waals surface area contributed by atoms with E-state index >= 15 is 0 Å². The highest BCUT2D eigenvalue weighted by Crippen LogP contribution is 2.26. The number of para-hydroxylation sites is 1. The molecule has 0 radical (unpaired) electrons. The van der Waals surface area contributed by atoms with Crippen LogP contribution in [0.2, 0.25) is 0 Å². The number of rotatable bonds is 12. The van der Waals surface area contributed by atoms with Crippen molar-refractivity contribution in [3.8, 4) is 5.75 Å². The van der Waals surface area contributed by atoms with E-state index in [1.54, 1.807) is 67.6 Å². The monoisotopic (exact) mass is 595 g/mol. The maximum atomic E-state index is 14.7. The molecule has 0 heterocycles. The summed E-state index contributed by atoms with van der Waals surface area (Å²) in [6.07, 6.45) is 4.89. The lowest BCUT2D eigenvalue weighted by molar-refractivity contribution is -0.139. The van der Waals surface area contributed by atoms with Crippen LogP contribution in [0.5, 0.6) is 5.75 Å². The number of carbonyl (C=O) groups excluding carboxylic acids is 2. The summed E-state index contributed by atoms with van der Waals surface area (Å²) in [6.45, 7) is 3.06. The number of anilines is 1. The lowest BCUT2D eigenvalue weighted by Crippen LogP contribution is -2.53. The Bertz CT molecular complexity index is 1440. The van der Waals surface area contributed by atoms with Crippen molar-refractivity contribution >= 4 is 27.5 Å². The van der Waals surface area contributed by atoms with E-state index in [9.17, 15) is 22.4 Å². The third kappa shape index (κ3) is 7.67. The third-order valence-corrected chi connectivity index (χ3v) is 9.25. The van der Waals surface area contributed by atoms with Crippen LogP contribution in [-0.4, -0.2) is 50.4 Å². The predicted molar refractivity (Wildman–Crippen MR) is 160 cm³/mol. The molecule has 1 fully saturated rings. The first kappa shape index (κ1) is 31.0. The van der Waals surface area contributed by atoms with E-state index in [0.717, 1.165) is 36.4 Å². The quantitative estimate of drug-likeness (QED) is 0.307. The molecule has 0 spiro atoms. The molecule has 3 aromatic rings. The van der Waals surface area contributed by atoms with Crippen LogP contribution in [0.25, 0.3) is 0 Å². The summed E-state index contributed by atoms with van der Waals surface area (Å²) >= 11 is 0. The third-order valence-electron chi connectivity index (χ3n) is 7.46. The van der Waals surface area contributed by atoms with Gasteiger partial charge in [-0.05, 0) is 69.2 Å². The van der Waals surface area contributed by atoms with E-state index in [0.29, 0.717) is 12.4 Å². The van der Waals surface area contributed by atoms with Crippen molar-refractivity contribution in [3.63, 3.8) is 0 Å². The van der Waals surface area contributed by atoms with Crippen molar-refractivity contribution in [2.24, 2.45) is 0 Å². The highest BCUT2D eigenvalue weighted by Gasteiger charge is 2.33. The molecule has 0 saturated heterocycles. The van der Waals surface area contributed by atoms with Gasteiger partial charge in [0.05, 0.1) is 17.2 Å². The van der Waals surface area contributed by atoms with Gasteiger partial charge >= 0.3 is 0 Å². The SMILES string of the molecule is CCOc1ccc(S(=O)(=O)N(CC(=O)N(Cc2ccccc2F)[C@@H](C)C(=O)NC2CCCCC2)c2ccccc2)cc1. The van der Waals surface area contributed by atoms with Gasteiger partial charge in [-0.25, -0.2) is 12.8 Å². The molecule has 0 bridgehead atoms.